The first kappa shape index (κ1) is 22.2. The summed E-state index contributed by atoms with van der Waals surface area (Å²) < 4.78 is 0. The molecule has 0 unspecified atom stereocenters. The van der Waals surface area contributed by atoms with Crippen LogP contribution in [0.15, 0.2) is 78.9 Å². The lowest BCUT2D eigenvalue weighted by molar-refractivity contribution is 0.0949. The number of aromatic hydroxyl groups is 6. The molecule has 3 atom stereocenters. The molecule has 0 heterocycles. The average molecular weight is 470 g/mol. The summed E-state index contributed by atoms with van der Waals surface area (Å²) in [4.78, 5) is 13.9. The fraction of sp³-hybridized carbons (Fsp3) is 0.107. The number of rotatable bonds is 4. The molecule has 0 aromatic heterocycles. The van der Waals surface area contributed by atoms with Gasteiger partial charge in [0.25, 0.3) is 0 Å². The molecule has 7 heteroatoms. The molecule has 4 aromatic rings. The molecule has 0 saturated carbocycles. The zero-order chi connectivity index (χ0) is 24.9. The molecule has 1 aliphatic rings. The number of hydrogen-bond donors (Lipinski definition) is 6. The Morgan fingerprint density at radius 1 is 0.571 bits per heavy atom. The number of carbonyl (C=O) groups excluding carboxylic acids is 1. The van der Waals surface area contributed by atoms with Crippen molar-refractivity contribution < 1.29 is 35.4 Å². The standard InChI is InChI=1S/C28H22O7/c29-17-5-1-14(2-6-17)24-25(16-9-19(31)11-20(32)10-16)27(22-12-21(33)13-23(34)26(22)24)28(35)15-3-7-18(30)8-4-15/h1-13,24-25,27,29-34H/t24-,25+,27-/m0/s1. The van der Waals surface area contributed by atoms with Crippen molar-refractivity contribution in [1.82, 2.24) is 0 Å². The zero-order valence-corrected chi connectivity index (χ0v) is 18.3. The van der Waals surface area contributed by atoms with Gasteiger partial charge in [-0.1, -0.05) is 12.1 Å². The van der Waals surface area contributed by atoms with E-state index in [0.29, 0.717) is 27.8 Å². The predicted molar refractivity (Wildman–Crippen MR) is 127 cm³/mol. The van der Waals surface area contributed by atoms with Crippen molar-refractivity contribution in [2.24, 2.45) is 0 Å². The predicted octanol–water partition coefficient (Wildman–Crippen LogP) is 4.82. The molecular weight excluding hydrogens is 448 g/mol. The summed E-state index contributed by atoms with van der Waals surface area (Å²) in [6.45, 7) is 0. The van der Waals surface area contributed by atoms with Crippen LogP contribution in [0, 0.1) is 0 Å². The summed E-state index contributed by atoms with van der Waals surface area (Å²) in [5.74, 6) is -3.29. The number of hydrogen-bond acceptors (Lipinski definition) is 7. The smallest absolute Gasteiger partial charge is 0.170 e. The van der Waals surface area contributed by atoms with E-state index in [2.05, 4.69) is 0 Å². The second kappa shape index (κ2) is 8.29. The van der Waals surface area contributed by atoms with Crippen LogP contribution in [0.2, 0.25) is 0 Å². The SMILES string of the molecule is O=C(c1ccc(O)cc1)[C@H]1c2cc(O)cc(O)c2[C@@H](c2ccc(O)cc2)[C@H]1c1cc(O)cc(O)c1. The Labute approximate surface area is 200 Å². The molecule has 0 amide bonds. The van der Waals surface area contributed by atoms with Crippen LogP contribution in [0.25, 0.3) is 0 Å². The van der Waals surface area contributed by atoms with Gasteiger partial charge in [-0.2, -0.15) is 0 Å². The highest BCUT2D eigenvalue weighted by molar-refractivity contribution is 6.03. The van der Waals surface area contributed by atoms with Crippen molar-refractivity contribution in [1.29, 1.82) is 0 Å². The highest BCUT2D eigenvalue weighted by Crippen LogP contribution is 2.59. The third-order valence-electron chi connectivity index (χ3n) is 6.54. The van der Waals surface area contributed by atoms with Gasteiger partial charge in [0, 0.05) is 35.1 Å². The third-order valence-corrected chi connectivity index (χ3v) is 6.54. The van der Waals surface area contributed by atoms with Gasteiger partial charge in [-0.3, -0.25) is 4.79 Å². The summed E-state index contributed by atoms with van der Waals surface area (Å²) in [6.07, 6.45) is 0. The molecule has 0 radical (unpaired) electrons. The molecule has 176 valence electrons. The minimum atomic E-state index is -0.910. The lowest BCUT2D eigenvalue weighted by Gasteiger charge is -2.26. The first-order valence-corrected chi connectivity index (χ1v) is 10.9. The minimum absolute atomic E-state index is 0.0000785. The van der Waals surface area contributed by atoms with E-state index in [1.165, 1.54) is 66.7 Å². The second-order valence-electron chi connectivity index (χ2n) is 8.73. The van der Waals surface area contributed by atoms with Crippen LogP contribution in [-0.4, -0.2) is 36.4 Å². The Bertz CT molecular complexity index is 1410. The van der Waals surface area contributed by atoms with E-state index < -0.39 is 17.8 Å². The van der Waals surface area contributed by atoms with Crippen LogP contribution in [0.5, 0.6) is 34.5 Å². The van der Waals surface area contributed by atoms with Crippen molar-refractivity contribution >= 4 is 5.78 Å². The Morgan fingerprint density at radius 3 is 1.71 bits per heavy atom. The first-order valence-electron chi connectivity index (χ1n) is 10.9. The number of fused-ring (bicyclic) bond motifs is 1. The van der Waals surface area contributed by atoms with Gasteiger partial charge in [-0.25, -0.2) is 0 Å². The summed E-state index contributed by atoms with van der Waals surface area (Å²) in [7, 11) is 0. The topological polar surface area (TPSA) is 138 Å². The molecule has 0 aliphatic heterocycles. The lowest BCUT2D eigenvalue weighted by atomic mass is 9.75. The van der Waals surface area contributed by atoms with E-state index in [9.17, 15) is 35.4 Å². The monoisotopic (exact) mass is 470 g/mol. The summed E-state index contributed by atoms with van der Waals surface area (Å²) in [5.41, 5.74) is 2.28. The molecule has 4 aromatic carbocycles. The van der Waals surface area contributed by atoms with Gasteiger partial charge in [0.2, 0.25) is 0 Å². The lowest BCUT2D eigenvalue weighted by Crippen LogP contribution is -2.19. The van der Waals surface area contributed by atoms with Crippen molar-refractivity contribution in [2.45, 2.75) is 17.8 Å². The number of ketones is 1. The van der Waals surface area contributed by atoms with Crippen LogP contribution >= 0.6 is 0 Å². The van der Waals surface area contributed by atoms with E-state index in [1.807, 2.05) is 0 Å². The maximum absolute atomic E-state index is 13.9. The summed E-state index contributed by atoms with van der Waals surface area (Å²) >= 11 is 0. The van der Waals surface area contributed by atoms with E-state index in [-0.39, 0.29) is 40.3 Å². The third kappa shape index (κ3) is 3.87. The Balaban J connectivity index is 1.80. The van der Waals surface area contributed by atoms with Crippen molar-refractivity contribution in [3.05, 3.63) is 107 Å². The van der Waals surface area contributed by atoms with Crippen LogP contribution < -0.4 is 0 Å². The number of phenolic OH excluding ortho intramolecular Hbond substituents is 6. The second-order valence-corrected chi connectivity index (χ2v) is 8.73. The van der Waals surface area contributed by atoms with Gasteiger partial charge >= 0.3 is 0 Å². The Hall–Kier alpha value is -4.65. The number of Topliss-reactive ketones (excluding diaryl/α,β-unsaturated/α-hetero) is 1. The maximum Gasteiger partial charge on any atom is 0.170 e. The van der Waals surface area contributed by atoms with Crippen molar-refractivity contribution in [2.75, 3.05) is 0 Å². The molecule has 6 N–H and O–H groups in total. The van der Waals surface area contributed by atoms with Crippen LogP contribution in [0.3, 0.4) is 0 Å². The molecular formula is C28H22O7. The largest absolute Gasteiger partial charge is 0.508 e. The van der Waals surface area contributed by atoms with Gasteiger partial charge in [-0.15, -0.1) is 0 Å². The van der Waals surface area contributed by atoms with Crippen LogP contribution in [0.1, 0.15) is 50.4 Å². The minimum Gasteiger partial charge on any atom is -0.508 e. The first-order chi connectivity index (χ1) is 16.7. The van der Waals surface area contributed by atoms with Crippen molar-refractivity contribution in [3.63, 3.8) is 0 Å². The van der Waals surface area contributed by atoms with Gasteiger partial charge < -0.3 is 30.6 Å². The Kier molecular flexibility index (Phi) is 5.25. The maximum atomic E-state index is 13.9. The number of benzene rings is 4. The highest BCUT2D eigenvalue weighted by atomic mass is 16.3. The highest BCUT2D eigenvalue weighted by Gasteiger charge is 2.48. The fourth-order valence-corrected chi connectivity index (χ4v) is 5.17. The Morgan fingerprint density at radius 2 is 1.11 bits per heavy atom. The van der Waals surface area contributed by atoms with Crippen LogP contribution in [-0.2, 0) is 0 Å². The van der Waals surface area contributed by atoms with Gasteiger partial charge in [-0.05, 0) is 71.3 Å². The van der Waals surface area contributed by atoms with E-state index in [1.54, 1.807) is 12.1 Å². The van der Waals surface area contributed by atoms with Gasteiger partial charge in [0.15, 0.2) is 5.78 Å². The quantitative estimate of drug-likeness (QED) is 0.235. The fourth-order valence-electron chi connectivity index (χ4n) is 5.17. The van der Waals surface area contributed by atoms with E-state index in [0.717, 1.165) is 0 Å². The molecule has 0 spiro atoms. The van der Waals surface area contributed by atoms with Crippen molar-refractivity contribution in [3.8, 4) is 34.5 Å². The molecule has 0 fully saturated rings. The molecule has 5 rings (SSSR count). The number of phenols is 6. The molecule has 0 saturated heterocycles. The molecule has 0 bridgehead atoms. The van der Waals surface area contributed by atoms with E-state index in [4.69, 9.17) is 0 Å². The normalized spacial score (nSPS) is 18.8. The van der Waals surface area contributed by atoms with Crippen LogP contribution in [0.4, 0.5) is 0 Å². The molecule has 35 heavy (non-hydrogen) atoms. The average Bonchev–Trinajstić information content (AvgIpc) is 3.14. The van der Waals surface area contributed by atoms with Gasteiger partial charge in [0.1, 0.15) is 34.5 Å². The molecule has 1 aliphatic carbocycles. The van der Waals surface area contributed by atoms with E-state index >= 15 is 0 Å². The molecule has 7 nitrogen and oxygen atoms in total. The summed E-state index contributed by atoms with van der Waals surface area (Å²) in [5, 5.41) is 61.2. The van der Waals surface area contributed by atoms with Gasteiger partial charge in [0.05, 0.1) is 5.92 Å². The number of carbonyl (C=O) groups is 1. The summed E-state index contributed by atoms with van der Waals surface area (Å²) in [6, 6.07) is 18.9. The zero-order valence-electron chi connectivity index (χ0n) is 18.3.